The molecule has 2 aliphatic rings. The number of nitrogens with two attached hydrogens (primary N) is 1. The van der Waals surface area contributed by atoms with Gasteiger partial charge in [-0.1, -0.05) is 0 Å². The van der Waals surface area contributed by atoms with E-state index in [1.807, 2.05) is 25.1 Å². The predicted molar refractivity (Wildman–Crippen MR) is 104 cm³/mol. The zero-order chi connectivity index (χ0) is 19.2. The molecule has 1 spiro atoms. The van der Waals surface area contributed by atoms with Crippen LogP contribution < -0.4 is 25.8 Å². The third-order valence-electron chi connectivity index (χ3n) is 5.60. The van der Waals surface area contributed by atoms with Crippen LogP contribution in [0.1, 0.15) is 30.5 Å². The average molecular weight is 371 g/mol. The molecule has 9 nitrogen and oxygen atoms in total. The lowest BCUT2D eigenvalue weighted by Crippen LogP contribution is -2.46. The van der Waals surface area contributed by atoms with Crippen LogP contribution in [0.2, 0.25) is 0 Å². The van der Waals surface area contributed by atoms with Crippen molar-refractivity contribution in [2.75, 3.05) is 49.8 Å². The molecule has 9 heteroatoms. The summed E-state index contributed by atoms with van der Waals surface area (Å²) in [6.45, 7) is 1.63. The van der Waals surface area contributed by atoms with Gasteiger partial charge in [-0.2, -0.15) is 9.97 Å². The van der Waals surface area contributed by atoms with E-state index in [2.05, 4.69) is 19.9 Å². The van der Waals surface area contributed by atoms with Gasteiger partial charge in [0, 0.05) is 44.2 Å². The first-order chi connectivity index (χ1) is 12.9. The molecule has 2 aromatic rings. The van der Waals surface area contributed by atoms with Gasteiger partial charge in [0.25, 0.3) is 5.56 Å². The van der Waals surface area contributed by atoms with E-state index in [0.717, 1.165) is 55.8 Å². The van der Waals surface area contributed by atoms with E-state index in [1.54, 1.807) is 7.11 Å². The number of hydrogen-bond donors (Lipinski definition) is 2. The molecule has 3 N–H and O–H groups in total. The molecule has 0 aromatic carbocycles. The van der Waals surface area contributed by atoms with E-state index in [4.69, 9.17) is 15.5 Å². The van der Waals surface area contributed by atoms with Gasteiger partial charge in [0.2, 0.25) is 17.8 Å². The van der Waals surface area contributed by atoms with Crippen molar-refractivity contribution in [2.24, 2.45) is 0 Å². The van der Waals surface area contributed by atoms with E-state index in [1.165, 1.54) is 0 Å². The molecule has 144 valence electrons. The molecule has 1 saturated heterocycles. The monoisotopic (exact) mass is 371 g/mol. The van der Waals surface area contributed by atoms with Crippen LogP contribution in [-0.4, -0.2) is 54.2 Å². The van der Waals surface area contributed by atoms with Gasteiger partial charge in [-0.05, 0) is 25.7 Å². The molecule has 1 atom stereocenters. The van der Waals surface area contributed by atoms with Crippen LogP contribution in [0.25, 0.3) is 0 Å². The minimum absolute atomic E-state index is 0.0225. The van der Waals surface area contributed by atoms with Crippen molar-refractivity contribution in [3.8, 4) is 5.88 Å². The van der Waals surface area contributed by atoms with E-state index < -0.39 is 0 Å². The molecule has 27 heavy (non-hydrogen) atoms. The molecular weight excluding hydrogens is 346 g/mol. The van der Waals surface area contributed by atoms with Gasteiger partial charge < -0.3 is 20.3 Å². The van der Waals surface area contributed by atoms with Crippen molar-refractivity contribution < 1.29 is 4.74 Å². The highest BCUT2D eigenvalue weighted by Crippen LogP contribution is 2.44. The van der Waals surface area contributed by atoms with E-state index >= 15 is 0 Å². The Labute approximate surface area is 157 Å². The summed E-state index contributed by atoms with van der Waals surface area (Å²) < 4.78 is 5.24. The number of rotatable bonds is 3. The zero-order valence-electron chi connectivity index (χ0n) is 15.9. The Bertz CT molecular complexity index is 926. The molecule has 0 saturated carbocycles. The Morgan fingerprint density at radius 3 is 2.85 bits per heavy atom. The maximum Gasteiger partial charge on any atom is 0.255 e. The summed E-state index contributed by atoms with van der Waals surface area (Å²) in [5, 5.41) is 0. The smallest absolute Gasteiger partial charge is 0.255 e. The van der Waals surface area contributed by atoms with Crippen molar-refractivity contribution >= 4 is 17.7 Å². The van der Waals surface area contributed by atoms with Crippen LogP contribution in [0.3, 0.4) is 0 Å². The number of piperidine rings is 1. The molecule has 3 heterocycles. The number of anilines is 3. The number of nitrogens with one attached hydrogen (secondary N) is 1. The maximum atomic E-state index is 12.6. The van der Waals surface area contributed by atoms with Gasteiger partial charge in [-0.25, -0.2) is 4.98 Å². The number of hydrogen-bond acceptors (Lipinski definition) is 8. The lowest BCUT2D eigenvalue weighted by Gasteiger charge is -2.41. The van der Waals surface area contributed by atoms with Crippen molar-refractivity contribution in [2.45, 2.75) is 31.1 Å². The zero-order valence-corrected chi connectivity index (χ0v) is 15.9. The molecule has 2 aromatic heterocycles. The topological polar surface area (TPSA) is 113 Å². The lowest BCUT2D eigenvalue weighted by atomic mass is 9.77. The normalized spacial score (nSPS) is 21.4. The largest absolute Gasteiger partial charge is 0.481 e. The Morgan fingerprint density at radius 2 is 2.11 bits per heavy atom. The maximum absolute atomic E-state index is 12.6. The van der Waals surface area contributed by atoms with Crippen LogP contribution in [0.15, 0.2) is 10.9 Å². The Kier molecular flexibility index (Phi) is 4.16. The van der Waals surface area contributed by atoms with Crippen molar-refractivity contribution in [1.82, 2.24) is 19.9 Å². The second kappa shape index (κ2) is 6.40. The number of fused-ring (bicyclic) bond motifs is 2. The van der Waals surface area contributed by atoms with E-state index in [-0.39, 0.29) is 16.9 Å². The second-order valence-corrected chi connectivity index (χ2v) is 7.54. The van der Waals surface area contributed by atoms with Gasteiger partial charge in [-0.3, -0.25) is 9.78 Å². The highest BCUT2D eigenvalue weighted by Gasteiger charge is 2.45. The number of H-pyrrole nitrogens is 1. The third-order valence-corrected chi connectivity index (χ3v) is 5.60. The van der Waals surface area contributed by atoms with Gasteiger partial charge in [0.05, 0.1) is 12.8 Å². The lowest BCUT2D eigenvalue weighted by molar-refractivity contribution is 0.332. The summed E-state index contributed by atoms with van der Waals surface area (Å²) >= 11 is 0. The fourth-order valence-electron chi connectivity index (χ4n) is 4.27. The highest BCUT2D eigenvalue weighted by molar-refractivity contribution is 5.49. The Hall–Kier alpha value is -2.84. The molecule has 4 rings (SSSR count). The van der Waals surface area contributed by atoms with Crippen molar-refractivity contribution in [3.63, 3.8) is 0 Å². The number of ether oxygens (including phenoxy) is 1. The first-order valence-corrected chi connectivity index (χ1v) is 9.16. The Balaban J connectivity index is 1.73. The van der Waals surface area contributed by atoms with E-state index in [9.17, 15) is 4.79 Å². The van der Waals surface area contributed by atoms with E-state index in [0.29, 0.717) is 11.8 Å². The fraction of sp³-hybridized carbons (Fsp3) is 0.556. The standard InChI is InChI=1S/C18H25N7O2/c1-24(2)17-22-14-11(15(26)23-17)5-7-18(14)6-4-8-25(10-18)12-9-13(27-3)21-16(19)20-12/h9H,4-8,10H2,1-3H3,(H2,19,20,21)(H,22,23,26). The van der Waals surface area contributed by atoms with Gasteiger partial charge >= 0.3 is 0 Å². The average Bonchev–Trinajstić information content (AvgIpc) is 2.99. The highest BCUT2D eigenvalue weighted by atomic mass is 16.5. The molecule has 1 unspecified atom stereocenters. The van der Waals surface area contributed by atoms with Crippen LogP contribution in [-0.2, 0) is 11.8 Å². The minimum Gasteiger partial charge on any atom is -0.481 e. The van der Waals surface area contributed by atoms with Crippen LogP contribution in [0, 0.1) is 0 Å². The summed E-state index contributed by atoms with van der Waals surface area (Å²) in [5.41, 5.74) is 7.44. The Morgan fingerprint density at radius 1 is 1.30 bits per heavy atom. The first-order valence-electron chi connectivity index (χ1n) is 9.16. The van der Waals surface area contributed by atoms with Gasteiger partial charge in [0.1, 0.15) is 5.82 Å². The molecule has 0 amide bonds. The number of nitrogen functional groups attached to an aromatic ring is 1. The number of aromatic nitrogens is 4. The summed E-state index contributed by atoms with van der Waals surface area (Å²) in [6, 6.07) is 1.81. The summed E-state index contributed by atoms with van der Waals surface area (Å²) in [6.07, 6.45) is 3.69. The molecule has 1 fully saturated rings. The van der Waals surface area contributed by atoms with Gasteiger partial charge in [-0.15, -0.1) is 0 Å². The van der Waals surface area contributed by atoms with Crippen LogP contribution in [0.5, 0.6) is 5.88 Å². The molecule has 0 bridgehead atoms. The van der Waals surface area contributed by atoms with Crippen molar-refractivity contribution in [1.29, 1.82) is 0 Å². The van der Waals surface area contributed by atoms with Gasteiger partial charge in [0.15, 0.2) is 0 Å². The molecule has 1 aliphatic carbocycles. The van der Waals surface area contributed by atoms with Crippen molar-refractivity contribution in [3.05, 3.63) is 27.7 Å². The SMILES string of the molecule is COc1cc(N2CCCC3(CCc4c3nc(N(C)C)[nH]c4=O)C2)nc(N)n1. The molecular formula is C18H25N7O2. The summed E-state index contributed by atoms with van der Waals surface area (Å²) in [7, 11) is 5.33. The molecule has 0 radical (unpaired) electrons. The number of nitrogens with zero attached hydrogens (tertiary/aromatic N) is 5. The fourth-order valence-corrected chi connectivity index (χ4v) is 4.27. The third kappa shape index (κ3) is 2.96. The van der Waals surface area contributed by atoms with Crippen LogP contribution >= 0.6 is 0 Å². The quantitative estimate of drug-likeness (QED) is 0.811. The summed E-state index contributed by atoms with van der Waals surface area (Å²) in [5.74, 6) is 2.00. The minimum atomic E-state index is -0.139. The number of aromatic amines is 1. The predicted octanol–water partition coefficient (Wildman–Crippen LogP) is 0.701. The number of methoxy groups -OCH3 is 1. The molecule has 1 aliphatic heterocycles. The second-order valence-electron chi connectivity index (χ2n) is 7.54. The summed E-state index contributed by atoms with van der Waals surface area (Å²) in [4.78, 5) is 32.8. The van der Waals surface area contributed by atoms with Crippen LogP contribution in [0.4, 0.5) is 17.7 Å². The first kappa shape index (κ1) is 17.6.